The molecule has 3 aliphatic heterocycles. The van der Waals surface area contributed by atoms with E-state index in [4.69, 9.17) is 32.6 Å². The number of amides is 2. The van der Waals surface area contributed by atoms with E-state index in [1.807, 2.05) is 40.8 Å². The molecule has 8 rings (SSSR count). The van der Waals surface area contributed by atoms with Crippen LogP contribution in [0.5, 0.6) is 0 Å². The normalized spacial score (nSPS) is 20.4. The number of halogens is 2. The van der Waals surface area contributed by atoms with Crippen LogP contribution in [0.15, 0.2) is 40.8 Å². The van der Waals surface area contributed by atoms with Gasteiger partial charge in [-0.3, -0.25) is 24.2 Å². The van der Waals surface area contributed by atoms with E-state index in [0.717, 1.165) is 63.0 Å². The van der Waals surface area contributed by atoms with E-state index in [1.165, 1.54) is 0 Å². The van der Waals surface area contributed by atoms with E-state index < -0.39 is 5.97 Å². The number of benzene rings is 2. The third-order valence-electron chi connectivity index (χ3n) is 11.5. The molecule has 0 unspecified atom stereocenters. The molecule has 0 bridgehead atoms. The van der Waals surface area contributed by atoms with Gasteiger partial charge in [0, 0.05) is 56.5 Å². The number of carbonyl (C=O) groups excluding carboxylic acids is 2. The molecule has 3 N–H and O–H groups in total. The molecular weight excluding hydrogens is 733 g/mol. The number of carbonyl (C=O) groups is 3. The molecular formula is C39H43Cl2N7O6. The van der Waals surface area contributed by atoms with Crippen molar-refractivity contribution in [3.63, 3.8) is 0 Å². The Balaban J connectivity index is 0.920. The van der Waals surface area contributed by atoms with Crippen molar-refractivity contribution in [2.24, 2.45) is 18.9 Å². The van der Waals surface area contributed by atoms with Crippen LogP contribution in [0.2, 0.25) is 10.0 Å². The maximum Gasteiger partial charge on any atom is 0.306 e. The first-order valence-corrected chi connectivity index (χ1v) is 19.3. The Morgan fingerprint density at radius 1 is 0.907 bits per heavy atom. The molecule has 1 saturated heterocycles. The number of oxazole rings is 1. The highest BCUT2D eigenvalue weighted by atomic mass is 35.5. The number of hydrogen-bond donors (Lipinski definition) is 3. The lowest BCUT2D eigenvalue weighted by Crippen LogP contribution is -2.53. The average Bonchev–Trinajstić information content (AvgIpc) is 3.83. The first kappa shape index (κ1) is 36.7. The quantitative estimate of drug-likeness (QED) is 0.189. The first-order chi connectivity index (χ1) is 26.0. The molecule has 4 aromatic rings. The van der Waals surface area contributed by atoms with Gasteiger partial charge in [-0.2, -0.15) is 0 Å². The summed E-state index contributed by atoms with van der Waals surface area (Å²) in [6, 6.07) is 10.9. The average molecular weight is 777 g/mol. The predicted octanol–water partition coefficient (Wildman–Crippen LogP) is 5.46. The van der Waals surface area contributed by atoms with E-state index in [9.17, 15) is 24.6 Å². The highest BCUT2D eigenvalue weighted by molar-refractivity contribution is 6.39. The number of carboxylic acids is 1. The van der Waals surface area contributed by atoms with Gasteiger partial charge in [-0.05, 0) is 56.7 Å². The monoisotopic (exact) mass is 775 g/mol. The highest BCUT2D eigenvalue weighted by Gasteiger charge is 2.34. The van der Waals surface area contributed by atoms with Crippen molar-refractivity contribution in [1.82, 2.24) is 29.2 Å². The van der Waals surface area contributed by atoms with Crippen LogP contribution in [0.4, 0.5) is 5.69 Å². The summed E-state index contributed by atoms with van der Waals surface area (Å²) >= 11 is 14.0. The second kappa shape index (κ2) is 15.1. The van der Waals surface area contributed by atoms with Crippen LogP contribution in [0.3, 0.4) is 0 Å². The van der Waals surface area contributed by atoms with Gasteiger partial charge in [0.25, 0.3) is 5.91 Å². The van der Waals surface area contributed by atoms with Crippen LogP contribution in [-0.2, 0) is 42.7 Å². The smallest absolute Gasteiger partial charge is 0.306 e. The lowest BCUT2D eigenvalue weighted by Gasteiger charge is -2.35. The zero-order valence-corrected chi connectivity index (χ0v) is 31.6. The summed E-state index contributed by atoms with van der Waals surface area (Å²) in [6.07, 6.45) is 4.91. The summed E-state index contributed by atoms with van der Waals surface area (Å²) in [6.45, 7) is 4.40. The molecule has 2 aromatic carbocycles. The van der Waals surface area contributed by atoms with Gasteiger partial charge in [0.1, 0.15) is 11.5 Å². The Bertz CT molecular complexity index is 2080. The van der Waals surface area contributed by atoms with Crippen LogP contribution in [0.1, 0.15) is 65.6 Å². The number of aliphatic hydroxyl groups is 1. The summed E-state index contributed by atoms with van der Waals surface area (Å²) in [7, 11) is 1.87. The maximum absolute atomic E-state index is 13.7. The van der Waals surface area contributed by atoms with Crippen LogP contribution < -0.4 is 5.32 Å². The van der Waals surface area contributed by atoms with E-state index in [2.05, 4.69) is 15.2 Å². The Labute approximate surface area is 322 Å². The molecule has 1 aliphatic carbocycles. The van der Waals surface area contributed by atoms with Crippen LogP contribution >= 0.6 is 23.2 Å². The minimum absolute atomic E-state index is 0.0338. The second-order valence-corrected chi connectivity index (χ2v) is 15.8. The third-order valence-corrected chi connectivity index (χ3v) is 12.3. The van der Waals surface area contributed by atoms with Gasteiger partial charge in [0.15, 0.2) is 5.82 Å². The van der Waals surface area contributed by atoms with Crippen molar-refractivity contribution in [1.29, 1.82) is 0 Å². The van der Waals surface area contributed by atoms with Gasteiger partial charge in [-0.15, -0.1) is 0 Å². The molecule has 0 radical (unpaired) electrons. The predicted molar refractivity (Wildman–Crippen MR) is 202 cm³/mol. The summed E-state index contributed by atoms with van der Waals surface area (Å²) in [5.74, 6) is 0.564. The number of rotatable bonds is 10. The van der Waals surface area contributed by atoms with Crippen LogP contribution in [0.25, 0.3) is 22.6 Å². The van der Waals surface area contributed by atoms with Crippen molar-refractivity contribution >= 4 is 46.7 Å². The summed E-state index contributed by atoms with van der Waals surface area (Å²) in [5.41, 5.74) is 4.91. The topological polar surface area (TPSA) is 157 Å². The van der Waals surface area contributed by atoms with Gasteiger partial charge in [-0.25, -0.2) is 9.97 Å². The minimum atomic E-state index is -0.672. The van der Waals surface area contributed by atoms with E-state index >= 15 is 0 Å². The van der Waals surface area contributed by atoms with Crippen molar-refractivity contribution < 1.29 is 29.0 Å². The minimum Gasteiger partial charge on any atom is -0.481 e. The molecule has 0 spiro atoms. The molecule has 2 fully saturated rings. The fourth-order valence-electron chi connectivity index (χ4n) is 8.25. The Morgan fingerprint density at radius 2 is 1.63 bits per heavy atom. The molecule has 2 amide bonds. The number of aliphatic carboxylic acids is 1. The number of hydrogen-bond acceptors (Lipinski definition) is 9. The largest absolute Gasteiger partial charge is 0.481 e. The van der Waals surface area contributed by atoms with Crippen molar-refractivity contribution in [3.8, 4) is 22.6 Å². The standard InChI is InChI=1S/C39H43Cl2N7O6/c1-45-31-13-15-46(14-12-22-8-10-23(11-9-22)39(52)53)18-29(31)42-36(45)37(51)43-28-7-3-5-26(35(28)41)25-4-2-6-27(34(25)40)38-44-30-19-48(20-32(30)54-38)33(50)21-47-16-24(49)17-47/h2-7,22-24,49H,8-21H2,1H3,(H,43,51)(H,52,53). The Hall–Kier alpha value is -4.27. The number of imidazole rings is 1. The van der Waals surface area contributed by atoms with Crippen molar-refractivity contribution in [3.05, 3.63) is 75.1 Å². The number of likely N-dealkylation sites (tertiary alicyclic amines) is 1. The first-order valence-electron chi connectivity index (χ1n) is 18.6. The van der Waals surface area contributed by atoms with E-state index in [1.54, 1.807) is 17.0 Å². The fourth-order valence-corrected chi connectivity index (χ4v) is 8.84. The number of anilines is 1. The van der Waals surface area contributed by atoms with Gasteiger partial charge < -0.3 is 29.4 Å². The number of aromatic nitrogens is 3. The SMILES string of the molecule is Cn1c(C(=O)Nc2cccc(-c3cccc(-c4nc5c(o4)CN(C(=O)CN4CC(O)C4)C5)c3Cl)c2Cl)nc2c1CCN(CCC1CCC(C(=O)O)CC1)C2. The molecule has 4 aliphatic rings. The number of nitrogens with one attached hydrogen (secondary N) is 1. The zero-order chi connectivity index (χ0) is 37.7. The summed E-state index contributed by atoms with van der Waals surface area (Å²) in [5, 5.41) is 22.5. The second-order valence-electron chi connectivity index (χ2n) is 15.0. The number of nitrogens with zero attached hydrogens (tertiary/aromatic N) is 6. The zero-order valence-electron chi connectivity index (χ0n) is 30.1. The van der Waals surface area contributed by atoms with Gasteiger partial charge in [0.05, 0.1) is 58.6 Å². The lowest BCUT2D eigenvalue weighted by atomic mass is 9.80. The van der Waals surface area contributed by atoms with E-state index in [0.29, 0.717) is 94.2 Å². The summed E-state index contributed by atoms with van der Waals surface area (Å²) in [4.78, 5) is 53.2. The van der Waals surface area contributed by atoms with E-state index in [-0.39, 0.29) is 30.4 Å². The Kier molecular flexibility index (Phi) is 10.3. The van der Waals surface area contributed by atoms with Crippen LogP contribution in [-0.4, -0.2) is 96.1 Å². The highest BCUT2D eigenvalue weighted by Crippen LogP contribution is 2.42. The molecule has 0 atom stereocenters. The molecule has 5 heterocycles. The van der Waals surface area contributed by atoms with Gasteiger partial charge in [0.2, 0.25) is 11.8 Å². The van der Waals surface area contributed by atoms with Crippen molar-refractivity contribution in [2.75, 3.05) is 38.0 Å². The summed E-state index contributed by atoms with van der Waals surface area (Å²) < 4.78 is 7.99. The molecule has 54 heavy (non-hydrogen) atoms. The molecule has 284 valence electrons. The lowest BCUT2D eigenvalue weighted by molar-refractivity contribution is -0.143. The maximum atomic E-state index is 13.7. The molecule has 1 saturated carbocycles. The van der Waals surface area contributed by atoms with Crippen LogP contribution in [0, 0.1) is 11.8 Å². The van der Waals surface area contributed by atoms with Gasteiger partial charge >= 0.3 is 5.97 Å². The fraction of sp³-hybridized carbons (Fsp3) is 0.462. The Morgan fingerprint density at radius 3 is 2.35 bits per heavy atom. The number of carboxylic acid groups (broad SMARTS) is 1. The molecule has 2 aromatic heterocycles. The number of aliphatic hydroxyl groups excluding tert-OH is 1. The number of fused-ring (bicyclic) bond motifs is 2. The molecule has 13 nitrogen and oxygen atoms in total. The third kappa shape index (κ3) is 7.27. The molecule has 15 heteroatoms. The van der Waals surface area contributed by atoms with Crippen molar-refractivity contribution in [2.45, 2.75) is 64.3 Å². The van der Waals surface area contributed by atoms with Gasteiger partial charge in [-0.1, -0.05) is 47.5 Å². The number of β-amino-alcohol motifs (C(OH)–C–C–N with tert-alkyl or cyclic N) is 1.